The van der Waals surface area contributed by atoms with E-state index in [1.807, 2.05) is 21.0 Å². The van der Waals surface area contributed by atoms with Crippen LogP contribution in [-0.4, -0.2) is 42.6 Å². The molecule has 0 N–H and O–H groups in total. The van der Waals surface area contributed by atoms with Crippen molar-refractivity contribution in [3.05, 3.63) is 52.0 Å². The number of carbonyl (C=O) groups is 1. The molecule has 3 aromatic rings. The second-order valence-electron chi connectivity index (χ2n) is 6.67. The molecule has 0 amide bonds. The zero-order chi connectivity index (χ0) is 19.6. The van der Waals surface area contributed by atoms with Crippen LogP contribution >= 0.6 is 35.6 Å². The molecular formula is C20H21Cl3N2O3. The van der Waals surface area contributed by atoms with Gasteiger partial charge in [0.05, 0.1) is 5.56 Å². The van der Waals surface area contributed by atoms with Gasteiger partial charge >= 0.3 is 5.97 Å². The normalized spacial score (nSPS) is 12.1. The van der Waals surface area contributed by atoms with Crippen molar-refractivity contribution in [2.24, 2.45) is 0 Å². The summed E-state index contributed by atoms with van der Waals surface area (Å²) >= 11 is 12.1. The number of nitrogens with zero attached hydrogens (tertiary/aromatic N) is 2. The number of hydrogen-bond acceptors (Lipinski definition) is 5. The van der Waals surface area contributed by atoms with Gasteiger partial charge in [0.15, 0.2) is 5.58 Å². The fraction of sp³-hybridized carbons (Fsp3) is 0.300. The van der Waals surface area contributed by atoms with E-state index in [2.05, 4.69) is 9.88 Å². The number of oxazole rings is 1. The Hall–Kier alpha value is -1.79. The van der Waals surface area contributed by atoms with Crippen molar-refractivity contribution in [3.63, 3.8) is 0 Å². The summed E-state index contributed by atoms with van der Waals surface area (Å²) in [5, 5.41) is 0.992. The third-order valence-corrected chi connectivity index (χ3v) is 4.46. The van der Waals surface area contributed by atoms with E-state index in [0.717, 1.165) is 13.0 Å². The van der Waals surface area contributed by atoms with E-state index in [4.69, 9.17) is 32.4 Å². The van der Waals surface area contributed by atoms with E-state index >= 15 is 0 Å². The molecule has 0 aliphatic rings. The molecule has 1 aromatic heterocycles. The van der Waals surface area contributed by atoms with Gasteiger partial charge in [-0.15, -0.1) is 12.4 Å². The van der Waals surface area contributed by atoms with E-state index in [-0.39, 0.29) is 24.5 Å². The van der Waals surface area contributed by atoms with Gasteiger partial charge < -0.3 is 14.1 Å². The number of hydrogen-bond donors (Lipinski definition) is 0. The van der Waals surface area contributed by atoms with E-state index in [9.17, 15) is 4.79 Å². The van der Waals surface area contributed by atoms with Crippen LogP contribution in [0.1, 0.15) is 23.7 Å². The van der Waals surface area contributed by atoms with Crippen molar-refractivity contribution >= 4 is 52.7 Å². The Kier molecular flexibility index (Phi) is 7.72. The Morgan fingerprint density at radius 2 is 1.86 bits per heavy atom. The maximum Gasteiger partial charge on any atom is 0.338 e. The van der Waals surface area contributed by atoms with E-state index < -0.39 is 0 Å². The SMILES string of the molecule is CC(CCN(C)C)OC(=O)c1ccc2nc(-c3cc(Cl)cc(Cl)c3)oc2c1.Cl. The van der Waals surface area contributed by atoms with Crippen LogP contribution < -0.4 is 0 Å². The highest BCUT2D eigenvalue weighted by atomic mass is 35.5. The summed E-state index contributed by atoms with van der Waals surface area (Å²) in [5.41, 5.74) is 2.23. The average molecular weight is 444 g/mol. The van der Waals surface area contributed by atoms with Crippen molar-refractivity contribution in [3.8, 4) is 11.5 Å². The largest absolute Gasteiger partial charge is 0.459 e. The molecule has 3 rings (SSSR count). The highest BCUT2D eigenvalue weighted by Gasteiger charge is 2.16. The second-order valence-corrected chi connectivity index (χ2v) is 7.54. The molecule has 0 saturated heterocycles. The molecule has 0 fully saturated rings. The molecular weight excluding hydrogens is 423 g/mol. The molecule has 150 valence electrons. The van der Waals surface area contributed by atoms with E-state index in [1.54, 1.807) is 36.4 Å². The van der Waals surface area contributed by atoms with Gasteiger partial charge in [-0.1, -0.05) is 23.2 Å². The van der Waals surface area contributed by atoms with Crippen LogP contribution in [0.4, 0.5) is 0 Å². The first-order chi connectivity index (χ1) is 12.8. The number of aromatic nitrogens is 1. The first-order valence-electron chi connectivity index (χ1n) is 8.54. The van der Waals surface area contributed by atoms with Crippen LogP contribution in [0.5, 0.6) is 0 Å². The lowest BCUT2D eigenvalue weighted by Gasteiger charge is -2.16. The van der Waals surface area contributed by atoms with Gasteiger partial charge in [-0.3, -0.25) is 0 Å². The highest BCUT2D eigenvalue weighted by molar-refractivity contribution is 6.35. The molecule has 0 aliphatic heterocycles. The van der Waals surface area contributed by atoms with Gasteiger partial charge in [0, 0.05) is 22.2 Å². The third kappa shape index (κ3) is 5.61. The number of fused-ring (bicyclic) bond motifs is 1. The summed E-state index contributed by atoms with van der Waals surface area (Å²) in [6.45, 7) is 2.73. The van der Waals surface area contributed by atoms with Crippen molar-refractivity contribution in [2.75, 3.05) is 20.6 Å². The first-order valence-corrected chi connectivity index (χ1v) is 9.30. The number of esters is 1. The Balaban J connectivity index is 0.00000280. The lowest BCUT2D eigenvalue weighted by atomic mass is 10.2. The standard InChI is InChI=1S/C20H20Cl2N2O3.ClH/c1-12(6-7-24(2)3)26-20(25)13-4-5-17-18(10-13)27-19(23-17)14-8-15(21)11-16(22)9-14;/h4-5,8-12H,6-7H2,1-3H3;1H. The molecule has 1 heterocycles. The lowest BCUT2D eigenvalue weighted by Crippen LogP contribution is -2.22. The van der Waals surface area contributed by atoms with Crippen LogP contribution in [0, 0.1) is 0 Å². The quantitative estimate of drug-likeness (QED) is 0.456. The summed E-state index contributed by atoms with van der Waals surface area (Å²) in [5.74, 6) is 0.00572. The van der Waals surface area contributed by atoms with Gasteiger partial charge in [-0.25, -0.2) is 9.78 Å². The summed E-state index contributed by atoms with van der Waals surface area (Å²) in [4.78, 5) is 18.9. The first kappa shape index (κ1) is 22.5. The zero-order valence-electron chi connectivity index (χ0n) is 15.7. The van der Waals surface area contributed by atoms with Crippen molar-refractivity contribution < 1.29 is 13.9 Å². The molecule has 0 bridgehead atoms. The molecule has 28 heavy (non-hydrogen) atoms. The molecule has 0 aliphatic carbocycles. The lowest BCUT2D eigenvalue weighted by molar-refractivity contribution is 0.0311. The topological polar surface area (TPSA) is 55.6 Å². The highest BCUT2D eigenvalue weighted by Crippen LogP contribution is 2.29. The van der Waals surface area contributed by atoms with Crippen LogP contribution in [0.25, 0.3) is 22.6 Å². The maximum atomic E-state index is 12.4. The molecule has 0 saturated carbocycles. The van der Waals surface area contributed by atoms with Gasteiger partial charge in [0.1, 0.15) is 11.6 Å². The fourth-order valence-electron chi connectivity index (χ4n) is 2.60. The van der Waals surface area contributed by atoms with Crippen LogP contribution in [0.2, 0.25) is 10.0 Å². The minimum absolute atomic E-state index is 0. The fourth-order valence-corrected chi connectivity index (χ4v) is 3.13. The van der Waals surface area contributed by atoms with Gasteiger partial charge in [-0.2, -0.15) is 0 Å². The molecule has 1 atom stereocenters. The maximum absolute atomic E-state index is 12.4. The number of ether oxygens (including phenoxy) is 1. The predicted molar refractivity (Wildman–Crippen MR) is 115 cm³/mol. The molecule has 0 spiro atoms. The molecule has 8 heteroatoms. The predicted octanol–water partition coefficient (Wildman–Crippen LogP) is 5.72. The zero-order valence-corrected chi connectivity index (χ0v) is 18.1. The van der Waals surface area contributed by atoms with Crippen LogP contribution in [0.3, 0.4) is 0 Å². The Bertz CT molecular complexity index is 952. The molecule has 2 aromatic carbocycles. The summed E-state index contributed by atoms with van der Waals surface area (Å²) < 4.78 is 11.3. The second kappa shape index (κ2) is 9.61. The monoisotopic (exact) mass is 442 g/mol. The van der Waals surface area contributed by atoms with E-state index in [1.165, 1.54) is 0 Å². The van der Waals surface area contributed by atoms with Gasteiger partial charge in [-0.05, 0) is 63.8 Å². The summed E-state index contributed by atoms with van der Waals surface area (Å²) in [6, 6.07) is 10.1. The number of rotatable bonds is 6. The number of halogens is 3. The minimum atomic E-state index is -0.382. The molecule has 5 nitrogen and oxygen atoms in total. The Morgan fingerprint density at radius 1 is 1.18 bits per heavy atom. The van der Waals surface area contributed by atoms with E-state index in [0.29, 0.717) is 38.2 Å². The van der Waals surface area contributed by atoms with Crippen molar-refractivity contribution in [2.45, 2.75) is 19.4 Å². The van der Waals surface area contributed by atoms with Gasteiger partial charge in [0.2, 0.25) is 5.89 Å². The van der Waals surface area contributed by atoms with Crippen LogP contribution in [0.15, 0.2) is 40.8 Å². The minimum Gasteiger partial charge on any atom is -0.459 e. The average Bonchev–Trinajstić information content (AvgIpc) is 3.02. The Labute approximate surface area is 180 Å². The van der Waals surface area contributed by atoms with Gasteiger partial charge in [0.25, 0.3) is 0 Å². The Morgan fingerprint density at radius 3 is 2.50 bits per heavy atom. The number of carbonyl (C=O) groups excluding carboxylic acids is 1. The third-order valence-electron chi connectivity index (χ3n) is 4.02. The molecule has 1 unspecified atom stereocenters. The van der Waals surface area contributed by atoms with Crippen molar-refractivity contribution in [1.82, 2.24) is 9.88 Å². The molecule has 0 radical (unpaired) electrons. The van der Waals surface area contributed by atoms with Crippen LogP contribution in [-0.2, 0) is 4.74 Å². The smallest absolute Gasteiger partial charge is 0.338 e. The number of benzene rings is 2. The summed E-state index contributed by atoms with van der Waals surface area (Å²) in [6.07, 6.45) is 0.595. The van der Waals surface area contributed by atoms with Crippen molar-refractivity contribution in [1.29, 1.82) is 0 Å². The summed E-state index contributed by atoms with van der Waals surface area (Å²) in [7, 11) is 3.97.